The average Bonchev–Trinajstić information content (AvgIpc) is 3.32. The van der Waals surface area contributed by atoms with E-state index in [0.29, 0.717) is 17.4 Å². The molecule has 1 aromatic rings. The van der Waals surface area contributed by atoms with Crippen LogP contribution in [0.15, 0.2) is 23.2 Å². The van der Waals surface area contributed by atoms with Crippen LogP contribution < -0.4 is 15.4 Å². The molecule has 1 aliphatic carbocycles. The molecule has 25 heavy (non-hydrogen) atoms. The van der Waals surface area contributed by atoms with Crippen molar-refractivity contribution >= 4 is 29.9 Å². The van der Waals surface area contributed by atoms with Crippen LogP contribution >= 0.6 is 24.0 Å². The summed E-state index contributed by atoms with van der Waals surface area (Å²) in [4.78, 5) is 4.45. The van der Waals surface area contributed by atoms with Crippen molar-refractivity contribution in [3.63, 3.8) is 0 Å². The van der Waals surface area contributed by atoms with E-state index in [9.17, 15) is 13.2 Å². The lowest BCUT2D eigenvalue weighted by atomic mass is 10.1. The van der Waals surface area contributed by atoms with Gasteiger partial charge in [0.15, 0.2) is 12.6 Å². The highest BCUT2D eigenvalue weighted by atomic mass is 127. The molecule has 1 fully saturated rings. The fourth-order valence-electron chi connectivity index (χ4n) is 2.16. The molecule has 0 saturated heterocycles. The van der Waals surface area contributed by atoms with Crippen LogP contribution in [0.1, 0.15) is 30.9 Å². The molecule has 4 nitrogen and oxygen atoms in total. The van der Waals surface area contributed by atoms with Crippen molar-refractivity contribution in [2.24, 2.45) is 10.9 Å². The van der Waals surface area contributed by atoms with Gasteiger partial charge in [-0.05, 0) is 44.2 Å². The molecule has 0 spiro atoms. The molecule has 0 bridgehead atoms. The van der Waals surface area contributed by atoms with Gasteiger partial charge in [-0.1, -0.05) is 12.1 Å². The minimum absolute atomic E-state index is 0. The molecule has 8 heteroatoms. The number of aryl methyl sites for hydroxylation is 1. The van der Waals surface area contributed by atoms with Gasteiger partial charge in [-0.3, -0.25) is 0 Å². The fourth-order valence-corrected chi connectivity index (χ4v) is 2.16. The van der Waals surface area contributed by atoms with Gasteiger partial charge in [0.2, 0.25) is 0 Å². The van der Waals surface area contributed by atoms with E-state index in [2.05, 4.69) is 15.6 Å². The molecule has 0 atom stereocenters. The topological polar surface area (TPSA) is 45.7 Å². The number of ether oxygens (including phenoxy) is 1. The third kappa shape index (κ3) is 8.64. The summed E-state index contributed by atoms with van der Waals surface area (Å²) in [6.45, 7) is 4.34. The van der Waals surface area contributed by atoms with Crippen LogP contribution in [0, 0.1) is 12.8 Å². The van der Waals surface area contributed by atoms with Crippen molar-refractivity contribution in [1.29, 1.82) is 0 Å². The molecular weight excluding hydrogens is 446 g/mol. The third-order valence-electron chi connectivity index (χ3n) is 3.62. The summed E-state index contributed by atoms with van der Waals surface area (Å²) in [6.07, 6.45) is -1.88. The van der Waals surface area contributed by atoms with Crippen LogP contribution in [0.5, 0.6) is 5.75 Å². The predicted octanol–water partition coefficient (Wildman–Crippen LogP) is 4.02. The summed E-state index contributed by atoms with van der Waals surface area (Å²) in [7, 11) is 0. The minimum atomic E-state index is -4.36. The number of halogens is 4. The predicted molar refractivity (Wildman–Crippen MR) is 104 cm³/mol. The first kappa shape index (κ1) is 21.9. The van der Waals surface area contributed by atoms with Gasteiger partial charge in [0.25, 0.3) is 0 Å². The van der Waals surface area contributed by atoms with Crippen molar-refractivity contribution in [3.05, 3.63) is 29.3 Å². The van der Waals surface area contributed by atoms with Crippen molar-refractivity contribution < 1.29 is 17.9 Å². The molecule has 2 rings (SSSR count). The molecule has 0 aliphatic heterocycles. The first-order valence-corrected chi connectivity index (χ1v) is 8.18. The molecule has 2 N–H and O–H groups in total. The number of guanidine groups is 1. The average molecular weight is 471 g/mol. The first-order valence-electron chi connectivity index (χ1n) is 8.18. The molecular formula is C17H25F3IN3O. The third-order valence-corrected chi connectivity index (χ3v) is 3.62. The highest BCUT2D eigenvalue weighted by molar-refractivity contribution is 14.0. The van der Waals surface area contributed by atoms with Gasteiger partial charge in [0.1, 0.15) is 5.75 Å². The highest BCUT2D eigenvalue weighted by Crippen LogP contribution is 2.27. The molecule has 0 amide bonds. The van der Waals surface area contributed by atoms with Crippen LogP contribution in [-0.2, 0) is 6.54 Å². The number of rotatable bonds is 7. The zero-order valence-corrected chi connectivity index (χ0v) is 16.8. The Morgan fingerprint density at radius 1 is 1.28 bits per heavy atom. The maximum Gasteiger partial charge on any atom is 0.422 e. The number of hydrogen-bond acceptors (Lipinski definition) is 2. The Morgan fingerprint density at radius 3 is 2.60 bits per heavy atom. The number of aliphatic imine (C=N–C) groups is 1. The van der Waals surface area contributed by atoms with Crippen LogP contribution in [-0.4, -0.2) is 31.8 Å². The Morgan fingerprint density at radius 2 is 2.00 bits per heavy atom. The minimum Gasteiger partial charge on any atom is -0.484 e. The van der Waals surface area contributed by atoms with Gasteiger partial charge in [-0.2, -0.15) is 13.2 Å². The summed E-state index contributed by atoms with van der Waals surface area (Å²) in [5, 5.41) is 6.40. The zero-order chi connectivity index (χ0) is 17.6. The van der Waals surface area contributed by atoms with Crippen molar-refractivity contribution in [2.75, 3.05) is 19.7 Å². The maximum absolute atomic E-state index is 12.4. The van der Waals surface area contributed by atoms with Crippen LogP contribution in [0.25, 0.3) is 0 Å². The Hall–Kier alpha value is -1.19. The second-order valence-corrected chi connectivity index (χ2v) is 6.03. The SMILES string of the molecule is CCNC(=NCc1ccc(C)cc1OCC(F)(F)F)NCC1CC1.I. The molecule has 0 aromatic heterocycles. The smallest absolute Gasteiger partial charge is 0.422 e. The summed E-state index contributed by atoms with van der Waals surface area (Å²) in [5.74, 6) is 1.61. The standard InChI is InChI=1S/C17H24F3N3O.HI/c1-3-21-16(22-9-13-5-6-13)23-10-14-7-4-12(2)8-15(14)24-11-17(18,19)20;/h4,7-8,13H,3,5-6,9-11H2,1-2H3,(H2,21,22,23);1H. The largest absolute Gasteiger partial charge is 0.484 e. The van der Waals surface area contributed by atoms with Gasteiger partial charge < -0.3 is 15.4 Å². The lowest BCUT2D eigenvalue weighted by molar-refractivity contribution is -0.153. The van der Waals surface area contributed by atoms with Crippen LogP contribution in [0.4, 0.5) is 13.2 Å². The summed E-state index contributed by atoms with van der Waals surface area (Å²) in [5.41, 5.74) is 1.48. The monoisotopic (exact) mass is 471 g/mol. The number of nitrogens with one attached hydrogen (secondary N) is 2. The number of benzene rings is 1. The molecule has 0 heterocycles. The molecule has 0 radical (unpaired) electrons. The maximum atomic E-state index is 12.4. The first-order chi connectivity index (χ1) is 11.4. The van der Waals surface area contributed by atoms with Gasteiger partial charge >= 0.3 is 6.18 Å². The van der Waals surface area contributed by atoms with Crippen molar-refractivity contribution in [2.45, 2.75) is 39.4 Å². The molecule has 1 aromatic carbocycles. The Balaban J connectivity index is 0.00000312. The summed E-state index contributed by atoms with van der Waals surface area (Å²) in [6, 6.07) is 5.21. The van der Waals surface area contributed by atoms with Gasteiger partial charge in [0, 0.05) is 18.7 Å². The Labute approximate surface area is 163 Å². The van der Waals surface area contributed by atoms with E-state index in [4.69, 9.17) is 4.74 Å². The zero-order valence-electron chi connectivity index (χ0n) is 14.4. The second kappa shape index (κ2) is 10.1. The van der Waals surface area contributed by atoms with Gasteiger partial charge in [-0.25, -0.2) is 4.99 Å². The lowest BCUT2D eigenvalue weighted by Gasteiger charge is -2.14. The van der Waals surface area contributed by atoms with E-state index in [1.165, 1.54) is 12.8 Å². The van der Waals surface area contributed by atoms with Crippen LogP contribution in [0.2, 0.25) is 0 Å². The van der Waals surface area contributed by atoms with Crippen molar-refractivity contribution in [3.8, 4) is 5.75 Å². The van der Waals surface area contributed by atoms with Crippen molar-refractivity contribution in [1.82, 2.24) is 10.6 Å². The Bertz CT molecular complexity index is 575. The van der Waals surface area contributed by atoms with E-state index < -0.39 is 12.8 Å². The number of nitrogens with zero attached hydrogens (tertiary/aromatic N) is 1. The quantitative estimate of drug-likeness (QED) is 0.359. The number of hydrogen-bond donors (Lipinski definition) is 2. The van der Waals surface area contributed by atoms with Crippen LogP contribution in [0.3, 0.4) is 0 Å². The van der Waals surface area contributed by atoms with Gasteiger partial charge in [0.05, 0.1) is 6.54 Å². The Kier molecular flexibility index (Phi) is 8.81. The molecule has 1 aliphatic rings. The summed E-state index contributed by atoms with van der Waals surface area (Å²) < 4.78 is 42.1. The van der Waals surface area contributed by atoms with E-state index in [0.717, 1.165) is 18.7 Å². The second-order valence-electron chi connectivity index (χ2n) is 6.03. The van der Waals surface area contributed by atoms with E-state index in [1.54, 1.807) is 12.1 Å². The van der Waals surface area contributed by atoms with Gasteiger partial charge in [-0.15, -0.1) is 24.0 Å². The number of alkyl halides is 3. The normalized spacial score (nSPS) is 14.7. The highest BCUT2D eigenvalue weighted by Gasteiger charge is 2.28. The molecule has 0 unspecified atom stereocenters. The van der Waals surface area contributed by atoms with E-state index >= 15 is 0 Å². The summed E-state index contributed by atoms with van der Waals surface area (Å²) >= 11 is 0. The molecule has 142 valence electrons. The van der Waals surface area contributed by atoms with E-state index in [1.807, 2.05) is 19.9 Å². The lowest BCUT2D eigenvalue weighted by Crippen LogP contribution is -2.38. The fraction of sp³-hybridized carbons (Fsp3) is 0.588. The molecule has 1 saturated carbocycles. The van der Waals surface area contributed by atoms with E-state index in [-0.39, 0.29) is 36.3 Å².